The molecule has 0 saturated carbocycles. The Hall–Kier alpha value is -1.64. The summed E-state index contributed by atoms with van der Waals surface area (Å²) in [6.07, 6.45) is 0.630. The SMILES string of the molecule is CC(Cc1cccs1)(C(=O)Cl)c1ccc2ccccc2c1. The Balaban J connectivity index is 2.08. The number of hydrogen-bond donors (Lipinski definition) is 0. The van der Waals surface area contributed by atoms with E-state index in [4.69, 9.17) is 11.6 Å². The first kappa shape index (κ1) is 14.3. The highest BCUT2D eigenvalue weighted by atomic mass is 35.5. The van der Waals surface area contributed by atoms with Gasteiger partial charge in [-0.2, -0.15) is 0 Å². The summed E-state index contributed by atoms with van der Waals surface area (Å²) in [7, 11) is 0. The van der Waals surface area contributed by atoms with Crippen molar-refractivity contribution in [2.75, 3.05) is 0 Å². The molecule has 0 N–H and O–H groups in total. The average molecular weight is 315 g/mol. The Morgan fingerprint density at radius 2 is 1.86 bits per heavy atom. The van der Waals surface area contributed by atoms with E-state index in [1.54, 1.807) is 11.3 Å². The normalized spacial score (nSPS) is 14.0. The summed E-state index contributed by atoms with van der Waals surface area (Å²) in [5, 5.41) is 4.01. The first-order valence-corrected chi connectivity index (χ1v) is 8.07. The fourth-order valence-corrected chi connectivity index (χ4v) is 3.62. The molecule has 3 heteroatoms. The van der Waals surface area contributed by atoms with Gasteiger partial charge in [0.1, 0.15) is 0 Å². The van der Waals surface area contributed by atoms with Crippen LogP contribution in [0.2, 0.25) is 0 Å². The first-order chi connectivity index (χ1) is 10.1. The molecule has 0 radical (unpaired) electrons. The Morgan fingerprint density at radius 3 is 2.52 bits per heavy atom. The number of halogens is 1. The Labute approximate surface area is 133 Å². The number of hydrogen-bond acceptors (Lipinski definition) is 2. The van der Waals surface area contributed by atoms with Crippen molar-refractivity contribution in [1.82, 2.24) is 0 Å². The number of thiophene rings is 1. The van der Waals surface area contributed by atoms with Crippen molar-refractivity contribution in [3.05, 3.63) is 70.4 Å². The van der Waals surface area contributed by atoms with Crippen LogP contribution >= 0.6 is 22.9 Å². The van der Waals surface area contributed by atoms with Gasteiger partial charge in [0.2, 0.25) is 5.24 Å². The van der Waals surface area contributed by atoms with Crippen LogP contribution in [0.5, 0.6) is 0 Å². The predicted octanol–water partition coefficient (Wildman–Crippen LogP) is 5.17. The van der Waals surface area contributed by atoms with Gasteiger partial charge in [0.25, 0.3) is 0 Å². The maximum Gasteiger partial charge on any atom is 0.232 e. The molecule has 0 aliphatic heterocycles. The summed E-state index contributed by atoms with van der Waals surface area (Å²) >= 11 is 7.61. The van der Waals surface area contributed by atoms with Crippen LogP contribution in [0.15, 0.2) is 60.0 Å². The van der Waals surface area contributed by atoms with Crippen molar-refractivity contribution >= 4 is 39.0 Å². The number of fused-ring (bicyclic) bond motifs is 1. The monoisotopic (exact) mass is 314 g/mol. The van der Waals surface area contributed by atoms with E-state index >= 15 is 0 Å². The average Bonchev–Trinajstić information content (AvgIpc) is 2.99. The Morgan fingerprint density at radius 1 is 1.10 bits per heavy atom. The highest BCUT2D eigenvalue weighted by molar-refractivity contribution is 7.09. The fraction of sp³-hybridized carbons (Fsp3) is 0.167. The quantitative estimate of drug-likeness (QED) is 0.607. The maximum absolute atomic E-state index is 12.1. The highest BCUT2D eigenvalue weighted by Crippen LogP contribution is 2.34. The molecule has 0 aliphatic carbocycles. The standard InChI is InChI=1S/C18H15ClOS/c1-18(17(19)20,12-16-7-4-10-21-16)15-9-8-13-5-2-3-6-14(13)11-15/h2-11H,12H2,1H3. The molecule has 1 nitrogen and oxygen atoms in total. The summed E-state index contributed by atoms with van der Waals surface area (Å²) in [6, 6.07) is 18.3. The third-order valence-corrected chi connectivity index (χ3v) is 5.22. The van der Waals surface area contributed by atoms with Gasteiger partial charge in [-0.1, -0.05) is 48.5 Å². The smallest absolute Gasteiger partial charge is 0.232 e. The van der Waals surface area contributed by atoms with E-state index in [-0.39, 0.29) is 5.24 Å². The number of carbonyl (C=O) groups is 1. The van der Waals surface area contributed by atoms with E-state index in [9.17, 15) is 4.79 Å². The second kappa shape index (κ2) is 5.63. The van der Waals surface area contributed by atoms with Crippen molar-refractivity contribution in [2.24, 2.45) is 0 Å². The van der Waals surface area contributed by atoms with Crippen LogP contribution in [0.3, 0.4) is 0 Å². The molecule has 3 rings (SSSR count). The highest BCUT2D eigenvalue weighted by Gasteiger charge is 2.34. The van der Waals surface area contributed by atoms with Gasteiger partial charge in [-0.15, -0.1) is 11.3 Å². The minimum absolute atomic E-state index is 0.314. The lowest BCUT2D eigenvalue weighted by molar-refractivity contribution is -0.116. The summed E-state index contributed by atoms with van der Waals surface area (Å²) in [4.78, 5) is 13.3. The third kappa shape index (κ3) is 2.74. The van der Waals surface area contributed by atoms with Crippen molar-refractivity contribution in [2.45, 2.75) is 18.8 Å². The van der Waals surface area contributed by atoms with E-state index in [0.29, 0.717) is 6.42 Å². The van der Waals surface area contributed by atoms with Crippen LogP contribution in [-0.4, -0.2) is 5.24 Å². The summed E-state index contributed by atoms with van der Waals surface area (Å²) in [5.74, 6) is 0. The summed E-state index contributed by atoms with van der Waals surface area (Å²) in [5.41, 5.74) is 0.269. The van der Waals surface area contributed by atoms with Crippen molar-refractivity contribution in [3.8, 4) is 0 Å². The lowest BCUT2D eigenvalue weighted by Crippen LogP contribution is -2.31. The molecule has 106 valence electrons. The van der Waals surface area contributed by atoms with Gasteiger partial charge in [-0.05, 0) is 52.7 Å². The number of benzene rings is 2. The predicted molar refractivity (Wildman–Crippen MR) is 90.2 cm³/mol. The van der Waals surface area contributed by atoms with Crippen LogP contribution in [0.4, 0.5) is 0 Å². The minimum atomic E-state index is -0.698. The molecule has 1 heterocycles. The van der Waals surface area contributed by atoms with Crippen LogP contribution in [0.1, 0.15) is 17.4 Å². The Kier molecular flexibility index (Phi) is 3.83. The van der Waals surface area contributed by atoms with Gasteiger partial charge < -0.3 is 0 Å². The van der Waals surface area contributed by atoms with Crippen LogP contribution in [0, 0.1) is 0 Å². The van der Waals surface area contributed by atoms with Gasteiger partial charge in [0.15, 0.2) is 0 Å². The van der Waals surface area contributed by atoms with Gasteiger partial charge >= 0.3 is 0 Å². The van der Waals surface area contributed by atoms with Crippen LogP contribution < -0.4 is 0 Å². The van der Waals surface area contributed by atoms with Crippen molar-refractivity contribution in [3.63, 3.8) is 0 Å². The largest absolute Gasteiger partial charge is 0.280 e. The Bertz CT molecular complexity index is 779. The molecular weight excluding hydrogens is 300 g/mol. The molecule has 1 unspecified atom stereocenters. The second-order valence-electron chi connectivity index (χ2n) is 5.42. The van der Waals surface area contributed by atoms with E-state index in [1.807, 2.05) is 42.6 Å². The van der Waals surface area contributed by atoms with Crippen LogP contribution in [-0.2, 0) is 16.6 Å². The molecule has 0 amide bonds. The van der Waals surface area contributed by atoms with Gasteiger partial charge in [-0.3, -0.25) is 4.79 Å². The lowest BCUT2D eigenvalue weighted by atomic mass is 9.79. The zero-order valence-corrected chi connectivity index (χ0v) is 13.2. The molecule has 0 bridgehead atoms. The number of carbonyl (C=O) groups excluding carboxylic acids is 1. The second-order valence-corrected chi connectivity index (χ2v) is 6.80. The summed E-state index contributed by atoms with van der Waals surface area (Å²) in [6.45, 7) is 1.92. The maximum atomic E-state index is 12.1. The molecular formula is C18H15ClOS. The zero-order chi connectivity index (χ0) is 14.9. The van der Waals surface area contributed by atoms with E-state index in [2.05, 4.69) is 24.3 Å². The van der Waals surface area contributed by atoms with E-state index in [0.717, 1.165) is 10.9 Å². The molecule has 0 aliphatic rings. The van der Waals surface area contributed by atoms with Crippen LogP contribution in [0.25, 0.3) is 10.8 Å². The van der Waals surface area contributed by atoms with Gasteiger partial charge in [-0.25, -0.2) is 0 Å². The zero-order valence-electron chi connectivity index (χ0n) is 11.7. The van der Waals surface area contributed by atoms with Crippen molar-refractivity contribution < 1.29 is 4.79 Å². The molecule has 3 aromatic rings. The lowest BCUT2D eigenvalue weighted by Gasteiger charge is -2.26. The molecule has 0 saturated heterocycles. The molecule has 21 heavy (non-hydrogen) atoms. The number of rotatable bonds is 4. The first-order valence-electron chi connectivity index (χ1n) is 6.81. The van der Waals surface area contributed by atoms with E-state index in [1.165, 1.54) is 10.3 Å². The molecule has 0 fully saturated rings. The molecule has 1 aromatic heterocycles. The molecule has 2 aromatic carbocycles. The fourth-order valence-electron chi connectivity index (χ4n) is 2.58. The summed E-state index contributed by atoms with van der Waals surface area (Å²) < 4.78 is 0. The third-order valence-electron chi connectivity index (χ3n) is 3.93. The van der Waals surface area contributed by atoms with Gasteiger partial charge in [0, 0.05) is 4.88 Å². The van der Waals surface area contributed by atoms with E-state index < -0.39 is 5.41 Å². The topological polar surface area (TPSA) is 17.1 Å². The van der Waals surface area contributed by atoms with Crippen molar-refractivity contribution in [1.29, 1.82) is 0 Å². The van der Waals surface area contributed by atoms with Gasteiger partial charge in [0.05, 0.1) is 5.41 Å². The molecule has 1 atom stereocenters. The minimum Gasteiger partial charge on any atom is -0.280 e. The molecule has 0 spiro atoms.